The summed E-state index contributed by atoms with van der Waals surface area (Å²) in [7, 11) is 0. The van der Waals surface area contributed by atoms with Gasteiger partial charge in [0, 0.05) is 54.1 Å². The minimum Gasteiger partial charge on any atom is -0.456 e. The summed E-state index contributed by atoms with van der Waals surface area (Å²) in [6, 6.07) is 59.1. The van der Waals surface area contributed by atoms with Crippen LogP contribution in [0.1, 0.15) is 0 Å². The molecular weight excluding hydrogens is 591 g/mol. The van der Waals surface area contributed by atoms with Crippen LogP contribution in [0.3, 0.4) is 0 Å². The van der Waals surface area contributed by atoms with Crippen LogP contribution in [0.5, 0.6) is 0 Å². The summed E-state index contributed by atoms with van der Waals surface area (Å²) in [5, 5.41) is 9.78. The van der Waals surface area contributed by atoms with Crippen molar-refractivity contribution in [2.24, 2.45) is 0 Å². The molecule has 220 valence electrons. The average Bonchev–Trinajstić information content (AvgIpc) is 3.67. The predicted octanol–water partition coefficient (Wildman–Crippen LogP) is 13.4. The number of fused-ring (bicyclic) bond motifs is 8. The van der Waals surface area contributed by atoms with E-state index in [-0.39, 0.29) is 0 Å². The largest absolute Gasteiger partial charge is 0.456 e. The minimum absolute atomic E-state index is 0.883. The molecule has 3 heteroatoms. The van der Waals surface area contributed by atoms with E-state index in [9.17, 15) is 0 Å². The van der Waals surface area contributed by atoms with Crippen molar-refractivity contribution < 1.29 is 4.42 Å². The predicted molar refractivity (Wildman–Crippen MR) is 202 cm³/mol. The minimum atomic E-state index is 0.883. The second kappa shape index (κ2) is 10.3. The van der Waals surface area contributed by atoms with Crippen molar-refractivity contribution in [1.29, 1.82) is 0 Å². The highest BCUT2D eigenvalue weighted by Gasteiger charge is 2.18. The first-order valence-electron chi connectivity index (χ1n) is 15.9. The molecule has 0 fully saturated rings. The molecule has 0 unspecified atom stereocenters. The molecule has 10 aromatic rings. The molecule has 8 aromatic carbocycles. The quantitative estimate of drug-likeness (QED) is 0.195. The van der Waals surface area contributed by atoms with Crippen LogP contribution in [-0.4, -0.2) is 0 Å². The normalized spacial score (nSPS) is 11.8. The van der Waals surface area contributed by atoms with Crippen LogP contribution >= 0.6 is 11.3 Å². The molecule has 0 saturated heterocycles. The van der Waals surface area contributed by atoms with Gasteiger partial charge in [-0.25, -0.2) is 0 Å². The molecule has 0 radical (unpaired) electrons. The fourth-order valence-corrected chi connectivity index (χ4v) is 8.30. The fourth-order valence-electron chi connectivity index (χ4n) is 7.16. The molecule has 47 heavy (non-hydrogen) atoms. The number of rotatable bonds is 4. The zero-order valence-corrected chi connectivity index (χ0v) is 26.2. The molecule has 0 aliphatic carbocycles. The zero-order valence-electron chi connectivity index (χ0n) is 25.4. The van der Waals surface area contributed by atoms with Gasteiger partial charge >= 0.3 is 0 Å². The van der Waals surface area contributed by atoms with E-state index in [0.717, 1.165) is 39.0 Å². The van der Waals surface area contributed by atoms with Crippen molar-refractivity contribution in [1.82, 2.24) is 0 Å². The Balaban J connectivity index is 1.15. The first-order valence-corrected chi connectivity index (χ1v) is 16.7. The van der Waals surface area contributed by atoms with Crippen molar-refractivity contribution in [3.05, 3.63) is 164 Å². The molecule has 0 spiro atoms. The molecule has 0 amide bonds. The number of benzene rings is 8. The zero-order chi connectivity index (χ0) is 30.9. The van der Waals surface area contributed by atoms with Crippen molar-refractivity contribution in [3.8, 4) is 11.1 Å². The van der Waals surface area contributed by atoms with Crippen LogP contribution in [0.25, 0.3) is 74.8 Å². The second-order valence-electron chi connectivity index (χ2n) is 12.2. The van der Waals surface area contributed by atoms with Crippen molar-refractivity contribution in [2.75, 3.05) is 4.90 Å². The van der Waals surface area contributed by atoms with Crippen LogP contribution < -0.4 is 4.90 Å². The third-order valence-electron chi connectivity index (χ3n) is 9.43. The lowest BCUT2D eigenvalue weighted by Gasteiger charge is -2.26. The van der Waals surface area contributed by atoms with Gasteiger partial charge in [0.25, 0.3) is 0 Å². The van der Waals surface area contributed by atoms with E-state index in [0.29, 0.717) is 0 Å². The Morgan fingerprint density at radius 3 is 1.85 bits per heavy atom. The Hall–Kier alpha value is -5.90. The van der Waals surface area contributed by atoms with E-state index in [1.54, 1.807) is 0 Å². The monoisotopic (exact) mass is 617 g/mol. The Morgan fingerprint density at radius 1 is 0.383 bits per heavy atom. The SMILES string of the molecule is c1ccc2cc3c(cc2c1)oc1cc(N(c2ccc(-c4cccc5ccccc45)cc2)c2ccc4c(c2)sc2ccccc24)ccc13. The van der Waals surface area contributed by atoms with E-state index >= 15 is 0 Å². The summed E-state index contributed by atoms with van der Waals surface area (Å²) in [4.78, 5) is 2.35. The molecule has 2 nitrogen and oxygen atoms in total. The summed E-state index contributed by atoms with van der Waals surface area (Å²) >= 11 is 1.85. The number of nitrogens with zero attached hydrogens (tertiary/aromatic N) is 1. The Morgan fingerprint density at radius 2 is 1.00 bits per heavy atom. The summed E-state index contributed by atoms with van der Waals surface area (Å²) in [5.41, 5.74) is 7.49. The molecule has 0 aliphatic heterocycles. The molecular formula is C44H27NOS. The summed E-state index contributed by atoms with van der Waals surface area (Å²) < 4.78 is 9.11. The van der Waals surface area contributed by atoms with Crippen LogP contribution in [0.2, 0.25) is 0 Å². The average molecular weight is 618 g/mol. The lowest BCUT2D eigenvalue weighted by atomic mass is 9.98. The van der Waals surface area contributed by atoms with Gasteiger partial charge in [-0.3, -0.25) is 0 Å². The van der Waals surface area contributed by atoms with Crippen LogP contribution in [0, 0.1) is 0 Å². The molecule has 0 bridgehead atoms. The van der Waals surface area contributed by atoms with E-state index in [4.69, 9.17) is 4.42 Å². The van der Waals surface area contributed by atoms with Gasteiger partial charge in [-0.15, -0.1) is 11.3 Å². The Bertz CT molecular complexity index is 2800. The van der Waals surface area contributed by atoms with Gasteiger partial charge in [0.2, 0.25) is 0 Å². The summed E-state index contributed by atoms with van der Waals surface area (Å²) in [6.07, 6.45) is 0. The van der Waals surface area contributed by atoms with E-state index < -0.39 is 0 Å². The standard InChI is InChI=1S/C44H27NOS/c1-2-10-31-25-41-40(24-30(31)9-1)37-22-20-33(26-42(37)46-41)45(34-21-23-39-38-13-5-6-15-43(38)47-44(39)27-34)32-18-16-29(17-19-32)36-14-7-11-28-8-3-4-12-35(28)36/h1-27H. The number of thiophene rings is 1. The molecule has 2 aromatic heterocycles. The van der Waals surface area contributed by atoms with E-state index in [1.807, 2.05) is 11.3 Å². The second-order valence-corrected chi connectivity index (χ2v) is 13.2. The number of anilines is 3. The van der Waals surface area contributed by atoms with Crippen molar-refractivity contribution in [2.45, 2.75) is 0 Å². The van der Waals surface area contributed by atoms with Crippen LogP contribution in [-0.2, 0) is 0 Å². The maximum atomic E-state index is 6.53. The maximum absolute atomic E-state index is 6.53. The lowest BCUT2D eigenvalue weighted by molar-refractivity contribution is 0.669. The topological polar surface area (TPSA) is 16.4 Å². The third kappa shape index (κ3) is 4.25. The number of furan rings is 1. The summed E-state index contributed by atoms with van der Waals surface area (Å²) in [5.74, 6) is 0. The fraction of sp³-hybridized carbons (Fsp3) is 0. The highest BCUT2D eigenvalue weighted by molar-refractivity contribution is 7.25. The van der Waals surface area contributed by atoms with Gasteiger partial charge in [0.15, 0.2) is 0 Å². The van der Waals surface area contributed by atoms with Gasteiger partial charge < -0.3 is 9.32 Å². The molecule has 0 atom stereocenters. The van der Waals surface area contributed by atoms with Crippen molar-refractivity contribution >= 4 is 92.1 Å². The van der Waals surface area contributed by atoms with Crippen LogP contribution in [0.4, 0.5) is 17.1 Å². The summed E-state index contributed by atoms with van der Waals surface area (Å²) in [6.45, 7) is 0. The molecule has 0 N–H and O–H groups in total. The lowest BCUT2D eigenvalue weighted by Crippen LogP contribution is -2.09. The smallest absolute Gasteiger partial charge is 0.137 e. The maximum Gasteiger partial charge on any atom is 0.137 e. The van der Waals surface area contributed by atoms with Gasteiger partial charge in [-0.1, -0.05) is 103 Å². The van der Waals surface area contributed by atoms with Gasteiger partial charge in [-0.2, -0.15) is 0 Å². The van der Waals surface area contributed by atoms with Crippen molar-refractivity contribution in [3.63, 3.8) is 0 Å². The van der Waals surface area contributed by atoms with Crippen LogP contribution in [0.15, 0.2) is 168 Å². The molecule has 0 saturated carbocycles. The Labute approximate surface area is 275 Å². The third-order valence-corrected chi connectivity index (χ3v) is 10.6. The molecule has 2 heterocycles. The van der Waals surface area contributed by atoms with Gasteiger partial charge in [-0.05, 0) is 87.3 Å². The van der Waals surface area contributed by atoms with E-state index in [2.05, 4.69) is 169 Å². The highest BCUT2D eigenvalue weighted by Crippen LogP contribution is 2.43. The molecule has 10 rings (SSSR count). The first-order chi connectivity index (χ1) is 23.3. The number of hydrogen-bond acceptors (Lipinski definition) is 3. The first kappa shape index (κ1) is 26.3. The van der Waals surface area contributed by atoms with E-state index in [1.165, 1.54) is 52.8 Å². The van der Waals surface area contributed by atoms with Gasteiger partial charge in [0.1, 0.15) is 11.2 Å². The Kier molecular flexibility index (Phi) is 5.78. The highest BCUT2D eigenvalue weighted by atomic mass is 32.1. The molecule has 0 aliphatic rings. The number of hydrogen-bond donors (Lipinski definition) is 0. The van der Waals surface area contributed by atoms with Gasteiger partial charge in [0.05, 0.1) is 0 Å².